The molecule has 2 aromatic heterocycles. The Kier molecular flexibility index (Phi) is 5.12. The lowest BCUT2D eigenvalue weighted by Gasteiger charge is -2.14. The maximum Gasteiger partial charge on any atom is 0.115 e. The Hall–Kier alpha value is -1.58. The molecular weight excluding hydrogens is 341 g/mol. The molecule has 0 saturated carbocycles. The second-order valence-electron chi connectivity index (χ2n) is 5.97. The number of rotatable bonds is 5. The normalized spacial score (nSPS) is 11.6. The number of nitrogens with one attached hydrogen (secondary N) is 1. The Morgan fingerprint density at radius 3 is 2.42 bits per heavy atom. The van der Waals surface area contributed by atoms with Crippen molar-refractivity contribution in [1.82, 2.24) is 15.0 Å². The Bertz CT molecular complexity index is 866. The van der Waals surface area contributed by atoms with Gasteiger partial charge in [0.1, 0.15) is 11.3 Å². The largest absolute Gasteiger partial charge is 0.342 e. The molecule has 126 valence electrons. The zero-order valence-corrected chi connectivity index (χ0v) is 15.7. The third-order valence-electron chi connectivity index (χ3n) is 4.46. The van der Waals surface area contributed by atoms with Crippen molar-refractivity contribution in [3.8, 4) is 11.3 Å². The van der Waals surface area contributed by atoms with E-state index < -0.39 is 0 Å². The fourth-order valence-electron chi connectivity index (χ4n) is 3.04. The number of fused-ring (bicyclic) bond motifs is 1. The minimum Gasteiger partial charge on any atom is -0.342 e. The monoisotopic (exact) mass is 361 g/mol. The van der Waals surface area contributed by atoms with E-state index >= 15 is 0 Å². The molecule has 3 rings (SSSR count). The number of hydrogen-bond donors (Lipinski definition) is 1. The van der Waals surface area contributed by atoms with Crippen molar-refractivity contribution in [2.45, 2.75) is 46.0 Å². The van der Waals surface area contributed by atoms with Gasteiger partial charge in [-0.2, -0.15) is 0 Å². The number of aryl methyl sites for hydroxylation is 1. The fraction of sp³-hybridized carbons (Fsp3) is 0.368. The van der Waals surface area contributed by atoms with Gasteiger partial charge in [-0.15, -0.1) is 0 Å². The van der Waals surface area contributed by atoms with Gasteiger partial charge in [-0.25, -0.2) is 4.98 Å². The first-order valence-corrected chi connectivity index (χ1v) is 9.17. The Morgan fingerprint density at radius 2 is 1.79 bits per heavy atom. The summed E-state index contributed by atoms with van der Waals surface area (Å²) in [6.07, 6.45) is 2.96. The van der Waals surface area contributed by atoms with Crippen molar-refractivity contribution in [3.05, 3.63) is 45.8 Å². The molecule has 3 nitrogen and oxygen atoms in total. The maximum atomic E-state index is 6.44. The van der Waals surface area contributed by atoms with E-state index in [-0.39, 0.29) is 0 Å². The molecule has 24 heavy (non-hydrogen) atoms. The average molecular weight is 362 g/mol. The highest BCUT2D eigenvalue weighted by Crippen LogP contribution is 2.35. The molecule has 0 unspecified atom stereocenters. The van der Waals surface area contributed by atoms with Crippen LogP contribution >= 0.6 is 23.2 Å². The molecule has 0 saturated heterocycles. The van der Waals surface area contributed by atoms with Crippen LogP contribution in [0.3, 0.4) is 0 Å². The van der Waals surface area contributed by atoms with Crippen molar-refractivity contribution in [3.63, 3.8) is 0 Å². The van der Waals surface area contributed by atoms with Crippen LogP contribution in [-0.4, -0.2) is 15.0 Å². The standard InChI is InChI=1S/C19H21Cl2N3/c1-4-11(5-2)15-10-16-19(24-17(6-3)22-16)18(23-15)13-8-7-12(20)9-14(13)21/h7-11H,4-6H2,1-3H3,(H,22,24). The minimum absolute atomic E-state index is 0.424. The average Bonchev–Trinajstić information content (AvgIpc) is 2.99. The van der Waals surface area contributed by atoms with Gasteiger partial charge in [0.2, 0.25) is 0 Å². The topological polar surface area (TPSA) is 41.6 Å². The maximum absolute atomic E-state index is 6.44. The summed E-state index contributed by atoms with van der Waals surface area (Å²) in [5.74, 6) is 1.38. The van der Waals surface area contributed by atoms with Gasteiger partial charge in [-0.05, 0) is 37.1 Å². The summed E-state index contributed by atoms with van der Waals surface area (Å²) in [6.45, 7) is 6.47. The number of imidazole rings is 1. The number of benzene rings is 1. The molecular formula is C19H21Cl2N3. The van der Waals surface area contributed by atoms with Crippen molar-refractivity contribution >= 4 is 34.2 Å². The molecule has 0 atom stereocenters. The lowest BCUT2D eigenvalue weighted by Crippen LogP contribution is -2.01. The van der Waals surface area contributed by atoms with Crippen LogP contribution in [0.2, 0.25) is 10.0 Å². The van der Waals surface area contributed by atoms with Crippen LogP contribution in [0.1, 0.15) is 51.0 Å². The predicted molar refractivity (Wildman–Crippen MR) is 102 cm³/mol. The summed E-state index contributed by atoms with van der Waals surface area (Å²) in [5.41, 5.74) is 4.66. The zero-order valence-electron chi connectivity index (χ0n) is 14.2. The first-order valence-electron chi connectivity index (χ1n) is 8.42. The van der Waals surface area contributed by atoms with Crippen LogP contribution in [0.5, 0.6) is 0 Å². The fourth-order valence-corrected chi connectivity index (χ4v) is 3.54. The van der Waals surface area contributed by atoms with Gasteiger partial charge in [-0.1, -0.05) is 44.0 Å². The third-order valence-corrected chi connectivity index (χ3v) is 5.01. The van der Waals surface area contributed by atoms with Gasteiger partial charge >= 0.3 is 0 Å². The summed E-state index contributed by atoms with van der Waals surface area (Å²) in [6, 6.07) is 7.65. The van der Waals surface area contributed by atoms with Crippen molar-refractivity contribution in [1.29, 1.82) is 0 Å². The van der Waals surface area contributed by atoms with Gasteiger partial charge in [0.25, 0.3) is 0 Å². The van der Waals surface area contributed by atoms with Crippen LogP contribution in [0.15, 0.2) is 24.3 Å². The Morgan fingerprint density at radius 1 is 1.04 bits per heavy atom. The van der Waals surface area contributed by atoms with Crippen LogP contribution < -0.4 is 0 Å². The number of H-pyrrole nitrogens is 1. The molecule has 2 heterocycles. The third kappa shape index (κ3) is 3.15. The van der Waals surface area contributed by atoms with E-state index in [4.69, 9.17) is 33.2 Å². The van der Waals surface area contributed by atoms with Crippen LogP contribution in [0.4, 0.5) is 0 Å². The highest BCUT2D eigenvalue weighted by Gasteiger charge is 2.18. The van der Waals surface area contributed by atoms with E-state index in [2.05, 4.69) is 31.8 Å². The lowest BCUT2D eigenvalue weighted by atomic mass is 9.97. The number of aromatic nitrogens is 3. The molecule has 0 spiro atoms. The molecule has 3 aromatic rings. The quantitative estimate of drug-likeness (QED) is 0.571. The minimum atomic E-state index is 0.424. The molecule has 0 radical (unpaired) electrons. The summed E-state index contributed by atoms with van der Waals surface area (Å²) in [5, 5.41) is 1.21. The highest BCUT2D eigenvalue weighted by atomic mass is 35.5. The second kappa shape index (κ2) is 7.12. The van der Waals surface area contributed by atoms with Gasteiger partial charge in [0, 0.05) is 28.6 Å². The number of halogens is 2. The van der Waals surface area contributed by atoms with E-state index in [1.807, 2.05) is 12.1 Å². The Balaban J connectivity index is 2.28. The van der Waals surface area contributed by atoms with Gasteiger partial charge < -0.3 is 4.98 Å². The van der Waals surface area contributed by atoms with Crippen LogP contribution in [0.25, 0.3) is 22.3 Å². The second-order valence-corrected chi connectivity index (χ2v) is 6.81. The number of nitrogens with zero attached hydrogens (tertiary/aromatic N) is 2. The van der Waals surface area contributed by atoms with Gasteiger partial charge in [-0.3, -0.25) is 4.98 Å². The molecule has 0 amide bonds. The number of aromatic amines is 1. The first kappa shape index (κ1) is 17.2. The van der Waals surface area contributed by atoms with Crippen LogP contribution in [-0.2, 0) is 6.42 Å². The van der Waals surface area contributed by atoms with Gasteiger partial charge in [0.15, 0.2) is 0 Å². The Labute approximate surface area is 152 Å². The van der Waals surface area contributed by atoms with E-state index in [0.717, 1.165) is 53.1 Å². The molecule has 0 fully saturated rings. The molecule has 5 heteroatoms. The van der Waals surface area contributed by atoms with E-state index in [1.165, 1.54) is 0 Å². The first-order chi connectivity index (χ1) is 11.6. The zero-order chi connectivity index (χ0) is 17.3. The smallest absolute Gasteiger partial charge is 0.115 e. The number of pyridine rings is 1. The van der Waals surface area contributed by atoms with Crippen molar-refractivity contribution in [2.75, 3.05) is 0 Å². The summed E-state index contributed by atoms with van der Waals surface area (Å²) >= 11 is 12.5. The van der Waals surface area contributed by atoms with E-state index in [1.54, 1.807) is 6.07 Å². The molecule has 0 aliphatic carbocycles. The molecule has 0 aliphatic heterocycles. The molecule has 1 N–H and O–H groups in total. The molecule has 0 aliphatic rings. The highest BCUT2D eigenvalue weighted by molar-refractivity contribution is 6.36. The summed E-state index contributed by atoms with van der Waals surface area (Å²) < 4.78 is 0. The van der Waals surface area contributed by atoms with E-state index in [0.29, 0.717) is 16.0 Å². The van der Waals surface area contributed by atoms with Crippen molar-refractivity contribution < 1.29 is 0 Å². The van der Waals surface area contributed by atoms with E-state index in [9.17, 15) is 0 Å². The molecule has 0 bridgehead atoms. The van der Waals surface area contributed by atoms with Crippen LogP contribution in [0, 0.1) is 0 Å². The SMILES string of the molecule is CCc1nc2c(-c3ccc(Cl)cc3Cl)nc(C(CC)CC)cc2[nH]1. The predicted octanol–water partition coefficient (Wildman–Crippen LogP) is 6.40. The summed E-state index contributed by atoms with van der Waals surface area (Å²) in [7, 11) is 0. The van der Waals surface area contributed by atoms with Crippen molar-refractivity contribution in [2.24, 2.45) is 0 Å². The lowest BCUT2D eigenvalue weighted by molar-refractivity contribution is 0.625. The van der Waals surface area contributed by atoms with Gasteiger partial charge in [0.05, 0.1) is 16.2 Å². The molecule has 1 aromatic carbocycles. The number of hydrogen-bond acceptors (Lipinski definition) is 2. The summed E-state index contributed by atoms with van der Waals surface area (Å²) in [4.78, 5) is 13.1.